The quantitative estimate of drug-likeness (QED) is 0.715. The highest BCUT2D eigenvalue weighted by Crippen LogP contribution is 2.10. The van der Waals surface area contributed by atoms with Crippen LogP contribution in [0.3, 0.4) is 0 Å². The van der Waals surface area contributed by atoms with Gasteiger partial charge in [-0.15, -0.1) is 0 Å². The van der Waals surface area contributed by atoms with Gasteiger partial charge in [-0.3, -0.25) is 4.98 Å². The third-order valence-corrected chi connectivity index (χ3v) is 2.54. The van der Waals surface area contributed by atoms with Gasteiger partial charge in [-0.25, -0.2) is 0 Å². The first-order chi connectivity index (χ1) is 7.29. The van der Waals surface area contributed by atoms with Crippen LogP contribution < -0.4 is 10.8 Å². The second-order valence-corrected chi connectivity index (χ2v) is 3.85. The molecule has 0 unspecified atom stereocenters. The van der Waals surface area contributed by atoms with E-state index in [2.05, 4.69) is 48.5 Å². The molecule has 1 heterocycles. The number of likely N-dealkylation sites (N-methyl/N-ethyl adjacent to an activating group) is 1. The van der Waals surface area contributed by atoms with Crippen molar-refractivity contribution < 1.29 is 0 Å². The van der Waals surface area contributed by atoms with Crippen molar-refractivity contribution in [1.82, 2.24) is 10.3 Å². The third-order valence-electron chi connectivity index (χ3n) is 2.54. The fraction of sp³-hybridized carbons (Fsp3) is 0.250. The summed E-state index contributed by atoms with van der Waals surface area (Å²) in [6.07, 6.45) is 0.986. The zero-order valence-electron chi connectivity index (χ0n) is 9.25. The molecule has 0 spiro atoms. The van der Waals surface area contributed by atoms with E-state index in [1.54, 1.807) is 0 Å². The lowest BCUT2D eigenvalue weighted by Gasteiger charge is -2.03. The lowest BCUT2D eigenvalue weighted by atomic mass is 9.95. The average Bonchev–Trinajstić information content (AvgIpc) is 2.25. The predicted molar refractivity (Wildman–Crippen MR) is 67.6 cm³/mol. The summed E-state index contributed by atoms with van der Waals surface area (Å²) in [6, 6.07) is 10.6. The van der Waals surface area contributed by atoms with E-state index < -0.39 is 0 Å². The Balaban J connectivity index is 2.36. The smallest absolute Gasteiger partial charge is 0.139 e. The first-order valence-electron chi connectivity index (χ1n) is 5.30. The molecule has 0 aliphatic rings. The maximum absolute atomic E-state index is 4.63. The van der Waals surface area contributed by atoms with Gasteiger partial charge < -0.3 is 5.32 Å². The fourth-order valence-electron chi connectivity index (χ4n) is 1.66. The van der Waals surface area contributed by atoms with E-state index in [0.717, 1.165) is 24.2 Å². The summed E-state index contributed by atoms with van der Waals surface area (Å²) >= 11 is 0. The summed E-state index contributed by atoms with van der Waals surface area (Å²) in [6.45, 7) is 0.977. The minimum absolute atomic E-state index is 0.977. The molecular weight excluding hydrogens is 183 g/mol. The molecule has 0 aliphatic carbocycles. The van der Waals surface area contributed by atoms with Crippen molar-refractivity contribution in [2.24, 2.45) is 0 Å². The molecule has 0 fully saturated rings. The highest BCUT2D eigenvalue weighted by Gasteiger charge is 1.98. The number of aromatic nitrogens is 1. The molecule has 0 atom stereocenters. The number of hydrogen-bond acceptors (Lipinski definition) is 2. The Hall–Kier alpha value is -1.35. The number of hydrogen-bond donors (Lipinski definition) is 1. The fourth-order valence-corrected chi connectivity index (χ4v) is 1.66. The molecule has 2 aromatic rings. The predicted octanol–water partition coefficient (Wildman–Crippen LogP) is 0.255. The second-order valence-electron chi connectivity index (χ2n) is 3.85. The van der Waals surface area contributed by atoms with Gasteiger partial charge >= 0.3 is 0 Å². The van der Waals surface area contributed by atoms with E-state index in [-0.39, 0.29) is 0 Å². The van der Waals surface area contributed by atoms with Crippen LogP contribution >= 0.6 is 0 Å². The Morgan fingerprint density at radius 3 is 2.87 bits per heavy atom. The van der Waals surface area contributed by atoms with Crippen LogP contribution in [-0.4, -0.2) is 26.4 Å². The van der Waals surface area contributed by atoms with Crippen LogP contribution in [0.2, 0.25) is 0 Å². The van der Waals surface area contributed by atoms with Gasteiger partial charge in [-0.1, -0.05) is 23.7 Å². The molecule has 2 nitrogen and oxygen atoms in total. The molecular formula is C12H15BN2. The minimum Gasteiger partial charge on any atom is -0.319 e. The highest BCUT2D eigenvalue weighted by atomic mass is 14.8. The van der Waals surface area contributed by atoms with Crippen molar-refractivity contribution in [3.8, 4) is 0 Å². The number of nitrogens with zero attached hydrogens (tertiary/aromatic N) is 1. The molecule has 0 aliphatic heterocycles. The van der Waals surface area contributed by atoms with Crippen LogP contribution in [0, 0.1) is 0 Å². The molecule has 0 amide bonds. The van der Waals surface area contributed by atoms with Crippen LogP contribution in [0.5, 0.6) is 0 Å². The van der Waals surface area contributed by atoms with Crippen molar-refractivity contribution in [2.45, 2.75) is 6.42 Å². The molecule has 15 heavy (non-hydrogen) atoms. The normalized spacial score (nSPS) is 10.7. The summed E-state index contributed by atoms with van der Waals surface area (Å²) < 4.78 is 0. The van der Waals surface area contributed by atoms with Gasteiger partial charge in [0, 0.05) is 24.0 Å². The monoisotopic (exact) mass is 198 g/mol. The lowest BCUT2D eigenvalue weighted by molar-refractivity contribution is 0.779. The van der Waals surface area contributed by atoms with Gasteiger partial charge in [0.1, 0.15) is 7.85 Å². The van der Waals surface area contributed by atoms with E-state index in [0.29, 0.717) is 0 Å². The van der Waals surface area contributed by atoms with Crippen molar-refractivity contribution in [2.75, 3.05) is 13.6 Å². The van der Waals surface area contributed by atoms with Crippen molar-refractivity contribution >= 4 is 24.2 Å². The number of nitrogens with one attached hydrogen (secondary N) is 1. The van der Waals surface area contributed by atoms with Crippen molar-refractivity contribution in [3.05, 3.63) is 36.0 Å². The van der Waals surface area contributed by atoms with Crippen LogP contribution in [-0.2, 0) is 6.42 Å². The summed E-state index contributed by atoms with van der Waals surface area (Å²) in [5.41, 5.74) is 3.52. The van der Waals surface area contributed by atoms with E-state index >= 15 is 0 Å². The van der Waals surface area contributed by atoms with E-state index in [4.69, 9.17) is 0 Å². The average molecular weight is 198 g/mol. The van der Waals surface area contributed by atoms with E-state index in [1.165, 1.54) is 10.8 Å². The van der Waals surface area contributed by atoms with Crippen molar-refractivity contribution in [3.63, 3.8) is 0 Å². The standard InChI is InChI=1S/C12H15BN2/c1-14-7-6-11-5-3-9-2-4-10(13)8-12(9)15-11/h2-5,8,14H,6-7,13H2,1H3. The number of fused-ring (bicyclic) bond motifs is 1. The zero-order chi connectivity index (χ0) is 10.7. The van der Waals surface area contributed by atoms with Crippen molar-refractivity contribution in [1.29, 1.82) is 0 Å². The van der Waals surface area contributed by atoms with Crippen LogP contribution in [0.1, 0.15) is 5.69 Å². The van der Waals surface area contributed by atoms with E-state index in [9.17, 15) is 0 Å². The van der Waals surface area contributed by atoms with Gasteiger partial charge in [0.2, 0.25) is 0 Å². The Bertz CT molecular complexity index is 468. The van der Waals surface area contributed by atoms with Crippen LogP contribution in [0.15, 0.2) is 30.3 Å². The maximum Gasteiger partial charge on any atom is 0.139 e. The Labute approximate surface area is 91.1 Å². The molecule has 0 saturated heterocycles. The molecule has 0 saturated carbocycles. The SMILES string of the molecule is Bc1ccc2ccc(CCNC)nc2c1. The highest BCUT2D eigenvalue weighted by molar-refractivity contribution is 6.33. The zero-order valence-corrected chi connectivity index (χ0v) is 9.25. The first kappa shape index (κ1) is 10.2. The molecule has 0 bridgehead atoms. The summed E-state index contributed by atoms with van der Waals surface area (Å²) in [4.78, 5) is 4.63. The van der Waals surface area contributed by atoms with Gasteiger partial charge in [0.25, 0.3) is 0 Å². The topological polar surface area (TPSA) is 24.9 Å². The molecule has 1 N–H and O–H groups in total. The molecule has 76 valence electrons. The Morgan fingerprint density at radius 2 is 2.07 bits per heavy atom. The van der Waals surface area contributed by atoms with Gasteiger partial charge in [-0.05, 0) is 19.2 Å². The lowest BCUT2D eigenvalue weighted by Crippen LogP contribution is -2.11. The van der Waals surface area contributed by atoms with Gasteiger partial charge in [0.15, 0.2) is 0 Å². The summed E-state index contributed by atoms with van der Waals surface area (Å²) in [7, 11) is 4.06. The van der Waals surface area contributed by atoms with Crippen LogP contribution in [0.4, 0.5) is 0 Å². The molecule has 1 aromatic carbocycles. The van der Waals surface area contributed by atoms with Gasteiger partial charge in [-0.2, -0.15) is 0 Å². The second kappa shape index (κ2) is 4.45. The van der Waals surface area contributed by atoms with Crippen LogP contribution in [0.25, 0.3) is 10.9 Å². The Morgan fingerprint density at radius 1 is 1.27 bits per heavy atom. The molecule has 3 heteroatoms. The number of pyridine rings is 1. The largest absolute Gasteiger partial charge is 0.319 e. The van der Waals surface area contributed by atoms with Gasteiger partial charge in [0.05, 0.1) is 5.52 Å². The maximum atomic E-state index is 4.63. The molecule has 0 radical (unpaired) electrons. The first-order valence-corrected chi connectivity index (χ1v) is 5.30. The summed E-state index contributed by atoms with van der Waals surface area (Å²) in [5, 5.41) is 4.35. The molecule has 2 rings (SSSR count). The third kappa shape index (κ3) is 2.36. The Kier molecular flexibility index (Phi) is 3.02. The number of rotatable bonds is 3. The van der Waals surface area contributed by atoms with E-state index in [1.807, 2.05) is 7.05 Å². The number of benzene rings is 1. The minimum atomic E-state index is 0.977. The molecule has 1 aromatic heterocycles. The summed E-state index contributed by atoms with van der Waals surface area (Å²) in [5.74, 6) is 0.